The summed E-state index contributed by atoms with van der Waals surface area (Å²) in [5.74, 6) is 0. The fraction of sp³-hybridized carbons (Fsp3) is 0. The van der Waals surface area contributed by atoms with Crippen LogP contribution in [0, 0.1) is 20.2 Å². The van der Waals surface area contributed by atoms with Crippen molar-refractivity contribution in [3.63, 3.8) is 0 Å². The maximum atomic E-state index is 11.2. The van der Waals surface area contributed by atoms with E-state index in [1.807, 2.05) is 30.3 Å². The molecule has 0 bridgehead atoms. The van der Waals surface area contributed by atoms with E-state index in [0.717, 1.165) is 11.8 Å². The fourth-order valence-corrected chi connectivity index (χ4v) is 2.27. The van der Waals surface area contributed by atoms with Crippen LogP contribution in [0.25, 0.3) is 0 Å². The van der Waals surface area contributed by atoms with Crippen LogP contribution in [0.2, 0.25) is 0 Å². The Morgan fingerprint density at radius 1 is 0.741 bits per heavy atom. The SMILES string of the molecule is O=[N+]([O-])c1ccc(Nc2ccc(N=Nc3ccccc3)cc2)c([N+](=O)[O-])c1. The molecule has 0 spiro atoms. The molecule has 0 fully saturated rings. The molecular weight excluding hydrogens is 350 g/mol. The van der Waals surface area contributed by atoms with Gasteiger partial charge in [-0.05, 0) is 42.5 Å². The van der Waals surface area contributed by atoms with Gasteiger partial charge in [-0.3, -0.25) is 20.2 Å². The van der Waals surface area contributed by atoms with Crippen LogP contribution in [0.5, 0.6) is 0 Å². The number of hydrogen-bond acceptors (Lipinski definition) is 7. The van der Waals surface area contributed by atoms with Gasteiger partial charge in [-0.2, -0.15) is 10.2 Å². The quantitative estimate of drug-likeness (QED) is 0.344. The van der Waals surface area contributed by atoms with Gasteiger partial charge in [0.15, 0.2) is 0 Å². The molecule has 0 heterocycles. The molecule has 1 N–H and O–H groups in total. The van der Waals surface area contributed by atoms with E-state index >= 15 is 0 Å². The molecule has 0 amide bonds. The van der Waals surface area contributed by atoms with Gasteiger partial charge in [0.2, 0.25) is 0 Å². The Bertz CT molecular complexity index is 1000. The summed E-state index contributed by atoms with van der Waals surface area (Å²) >= 11 is 0. The number of nitro benzene ring substituents is 2. The molecule has 9 heteroatoms. The molecule has 0 aliphatic rings. The van der Waals surface area contributed by atoms with Crippen LogP contribution in [0.3, 0.4) is 0 Å². The second-order valence-corrected chi connectivity index (χ2v) is 5.42. The van der Waals surface area contributed by atoms with Gasteiger partial charge in [-0.25, -0.2) is 0 Å². The molecule has 27 heavy (non-hydrogen) atoms. The number of hydrogen-bond donors (Lipinski definition) is 1. The fourth-order valence-electron chi connectivity index (χ4n) is 2.27. The molecule has 0 aliphatic carbocycles. The number of nitrogens with zero attached hydrogens (tertiary/aromatic N) is 4. The minimum absolute atomic E-state index is 0.157. The molecule has 0 saturated heterocycles. The zero-order chi connectivity index (χ0) is 19.2. The summed E-state index contributed by atoms with van der Waals surface area (Å²) in [6, 6.07) is 19.5. The molecule has 134 valence electrons. The van der Waals surface area contributed by atoms with Crippen LogP contribution < -0.4 is 5.32 Å². The molecule has 0 aliphatic heterocycles. The first-order valence-electron chi connectivity index (χ1n) is 7.79. The van der Waals surface area contributed by atoms with E-state index in [-0.39, 0.29) is 17.1 Å². The Labute approximate surface area is 153 Å². The summed E-state index contributed by atoms with van der Waals surface area (Å²) in [6.07, 6.45) is 0. The summed E-state index contributed by atoms with van der Waals surface area (Å²) < 4.78 is 0. The zero-order valence-corrected chi connectivity index (χ0v) is 13.9. The second-order valence-electron chi connectivity index (χ2n) is 5.42. The molecule has 0 aromatic heterocycles. The minimum atomic E-state index is -0.677. The van der Waals surface area contributed by atoms with E-state index < -0.39 is 9.85 Å². The van der Waals surface area contributed by atoms with Crippen LogP contribution in [-0.4, -0.2) is 9.85 Å². The van der Waals surface area contributed by atoms with Crippen LogP contribution in [-0.2, 0) is 0 Å². The van der Waals surface area contributed by atoms with Crippen molar-refractivity contribution in [3.8, 4) is 0 Å². The van der Waals surface area contributed by atoms with E-state index in [1.165, 1.54) is 12.1 Å². The Morgan fingerprint density at radius 3 is 1.96 bits per heavy atom. The maximum Gasteiger partial charge on any atom is 0.299 e. The van der Waals surface area contributed by atoms with Crippen molar-refractivity contribution in [2.24, 2.45) is 10.2 Å². The normalized spacial score (nSPS) is 10.7. The zero-order valence-electron chi connectivity index (χ0n) is 13.9. The van der Waals surface area contributed by atoms with Gasteiger partial charge >= 0.3 is 0 Å². The second kappa shape index (κ2) is 7.83. The summed E-state index contributed by atoms with van der Waals surface area (Å²) in [4.78, 5) is 20.6. The van der Waals surface area contributed by atoms with Crippen molar-refractivity contribution >= 4 is 34.1 Å². The number of nitrogens with one attached hydrogen (secondary N) is 1. The summed E-state index contributed by atoms with van der Waals surface area (Å²) in [7, 11) is 0. The van der Waals surface area contributed by atoms with Gasteiger partial charge in [0.1, 0.15) is 5.69 Å². The highest BCUT2D eigenvalue weighted by Crippen LogP contribution is 2.32. The van der Waals surface area contributed by atoms with Crippen molar-refractivity contribution in [1.82, 2.24) is 0 Å². The third-order valence-electron chi connectivity index (χ3n) is 3.57. The van der Waals surface area contributed by atoms with E-state index in [0.29, 0.717) is 11.4 Å². The predicted octanol–water partition coefficient (Wildman–Crippen LogP) is 5.66. The number of anilines is 2. The topological polar surface area (TPSA) is 123 Å². The van der Waals surface area contributed by atoms with Crippen LogP contribution in [0.15, 0.2) is 83.0 Å². The highest BCUT2D eigenvalue weighted by Gasteiger charge is 2.19. The molecular formula is C18H13N5O4. The first kappa shape index (κ1) is 17.7. The van der Waals surface area contributed by atoms with Gasteiger partial charge in [0, 0.05) is 11.8 Å². The molecule has 3 aromatic carbocycles. The standard InChI is InChI=1S/C18H13N5O4/c24-22(25)16-10-11-17(18(12-16)23(26)27)19-13-6-8-15(9-7-13)21-20-14-4-2-1-3-5-14/h1-12,19H. The number of benzene rings is 3. The molecule has 0 saturated carbocycles. The van der Waals surface area contributed by atoms with Crippen molar-refractivity contribution < 1.29 is 9.85 Å². The third-order valence-corrected chi connectivity index (χ3v) is 3.57. The Kier molecular flexibility index (Phi) is 5.12. The lowest BCUT2D eigenvalue weighted by atomic mass is 10.2. The Hall–Kier alpha value is -4.14. The average molecular weight is 363 g/mol. The number of rotatable bonds is 6. The number of non-ortho nitro benzene ring substituents is 1. The highest BCUT2D eigenvalue weighted by atomic mass is 16.6. The molecule has 3 rings (SSSR count). The highest BCUT2D eigenvalue weighted by molar-refractivity contribution is 5.72. The van der Waals surface area contributed by atoms with Gasteiger partial charge in [0.05, 0.1) is 27.3 Å². The number of nitro groups is 2. The molecule has 9 nitrogen and oxygen atoms in total. The van der Waals surface area contributed by atoms with Crippen molar-refractivity contribution in [3.05, 3.63) is 93.0 Å². The van der Waals surface area contributed by atoms with Gasteiger partial charge < -0.3 is 5.32 Å². The lowest BCUT2D eigenvalue weighted by Gasteiger charge is -2.07. The van der Waals surface area contributed by atoms with E-state index in [9.17, 15) is 20.2 Å². The van der Waals surface area contributed by atoms with Gasteiger partial charge in [0.25, 0.3) is 11.4 Å². The molecule has 0 radical (unpaired) electrons. The van der Waals surface area contributed by atoms with E-state index in [2.05, 4.69) is 15.5 Å². The van der Waals surface area contributed by atoms with E-state index in [1.54, 1.807) is 24.3 Å². The molecule has 3 aromatic rings. The van der Waals surface area contributed by atoms with E-state index in [4.69, 9.17) is 0 Å². The Balaban J connectivity index is 1.78. The van der Waals surface area contributed by atoms with Gasteiger partial charge in [-0.15, -0.1) is 0 Å². The predicted molar refractivity (Wildman–Crippen MR) is 100 cm³/mol. The first-order chi connectivity index (χ1) is 13.0. The summed E-state index contributed by atoms with van der Waals surface area (Å²) in [5, 5.41) is 33.1. The van der Waals surface area contributed by atoms with Crippen molar-refractivity contribution in [2.45, 2.75) is 0 Å². The van der Waals surface area contributed by atoms with Gasteiger partial charge in [-0.1, -0.05) is 18.2 Å². The van der Waals surface area contributed by atoms with Crippen LogP contribution in [0.1, 0.15) is 0 Å². The molecule has 0 atom stereocenters. The maximum absolute atomic E-state index is 11.2. The average Bonchev–Trinajstić information content (AvgIpc) is 2.68. The van der Waals surface area contributed by atoms with Crippen molar-refractivity contribution in [2.75, 3.05) is 5.32 Å². The summed E-state index contributed by atoms with van der Waals surface area (Å²) in [6.45, 7) is 0. The largest absolute Gasteiger partial charge is 0.350 e. The summed E-state index contributed by atoms with van der Waals surface area (Å²) in [5.41, 5.74) is 1.35. The number of azo groups is 1. The smallest absolute Gasteiger partial charge is 0.299 e. The third kappa shape index (κ3) is 4.48. The monoisotopic (exact) mass is 363 g/mol. The Morgan fingerprint density at radius 2 is 1.37 bits per heavy atom. The molecule has 0 unspecified atom stereocenters. The van der Waals surface area contributed by atoms with Crippen LogP contribution in [0.4, 0.5) is 34.1 Å². The lowest BCUT2D eigenvalue weighted by molar-refractivity contribution is -0.393. The van der Waals surface area contributed by atoms with Crippen LogP contribution >= 0.6 is 0 Å². The lowest BCUT2D eigenvalue weighted by Crippen LogP contribution is -1.98. The van der Waals surface area contributed by atoms with Crippen molar-refractivity contribution in [1.29, 1.82) is 0 Å². The minimum Gasteiger partial charge on any atom is -0.350 e. The first-order valence-corrected chi connectivity index (χ1v) is 7.79.